The van der Waals surface area contributed by atoms with Gasteiger partial charge < -0.3 is 14.8 Å². The number of hydrogen-bond acceptors (Lipinski definition) is 4. The summed E-state index contributed by atoms with van der Waals surface area (Å²) in [5, 5.41) is 2.57. The monoisotopic (exact) mass is 424 g/mol. The largest absolute Gasteiger partial charge is 0.444 e. The molecule has 0 aliphatic carbocycles. The van der Waals surface area contributed by atoms with Gasteiger partial charge in [0.15, 0.2) is 11.6 Å². The number of nitrogens with one attached hydrogen (secondary N) is 1. The quantitative estimate of drug-likeness (QED) is 0.730. The molecule has 0 saturated carbocycles. The Labute approximate surface area is 166 Å². The highest BCUT2D eigenvalue weighted by Crippen LogP contribution is 2.34. The van der Waals surface area contributed by atoms with Gasteiger partial charge in [-0.2, -0.15) is 13.2 Å². The van der Waals surface area contributed by atoms with Crippen LogP contribution in [-0.4, -0.2) is 61.7 Å². The highest BCUT2D eigenvalue weighted by molar-refractivity contribution is 5.68. The summed E-state index contributed by atoms with van der Waals surface area (Å²) in [4.78, 5) is 13.3. The molecular weight excluding hydrogens is 399 g/mol. The molecule has 0 spiro atoms. The fourth-order valence-electron chi connectivity index (χ4n) is 3.34. The Morgan fingerprint density at radius 3 is 2.38 bits per heavy atom. The lowest BCUT2D eigenvalue weighted by molar-refractivity contribution is -0.192. The normalized spacial score (nSPS) is 21.8. The van der Waals surface area contributed by atoms with Gasteiger partial charge in [-0.3, -0.25) is 4.90 Å². The number of hydrogen-bond donors (Lipinski definition) is 1. The first-order valence-electron chi connectivity index (χ1n) is 9.06. The van der Waals surface area contributed by atoms with Gasteiger partial charge in [0, 0.05) is 26.1 Å². The predicted octanol–water partition coefficient (Wildman–Crippen LogP) is 3.83. The van der Waals surface area contributed by atoms with Gasteiger partial charge in [-0.05, 0) is 38.5 Å². The lowest BCUT2D eigenvalue weighted by Gasteiger charge is -2.29. The van der Waals surface area contributed by atoms with E-state index in [1.807, 2.05) is 0 Å². The van der Waals surface area contributed by atoms with E-state index in [0.29, 0.717) is 0 Å². The van der Waals surface area contributed by atoms with Crippen LogP contribution in [0.4, 0.5) is 26.7 Å². The number of likely N-dealkylation sites (tertiary alicyclic amines) is 1. The zero-order valence-corrected chi connectivity index (χ0v) is 16.6. The van der Waals surface area contributed by atoms with E-state index in [2.05, 4.69) is 5.32 Å². The van der Waals surface area contributed by atoms with Crippen molar-refractivity contribution in [3.63, 3.8) is 0 Å². The van der Waals surface area contributed by atoms with Gasteiger partial charge in [0.25, 0.3) is 0 Å². The average molecular weight is 424 g/mol. The van der Waals surface area contributed by atoms with Gasteiger partial charge >= 0.3 is 12.3 Å². The summed E-state index contributed by atoms with van der Waals surface area (Å²) in [6, 6.07) is 0.456. The Kier molecular flexibility index (Phi) is 7.10. The van der Waals surface area contributed by atoms with Crippen LogP contribution >= 0.6 is 0 Å². The number of nitrogens with zero attached hydrogens (tertiary/aromatic N) is 1. The third-order valence-corrected chi connectivity index (χ3v) is 4.57. The first kappa shape index (κ1) is 23.3. The standard InChI is InChI=1S/C19H25F5N2O3/c1-18(2,3)29-17(27)25-15-9-26(16(10-28-4)19(22,23)24)8-12(15)11-5-6-13(20)14(21)7-11/h5-7,12,15-16H,8-10H2,1-4H3,(H,25,27)/t12-,15+,16-/m0/s1. The molecule has 10 heteroatoms. The molecule has 5 nitrogen and oxygen atoms in total. The molecule has 1 N–H and O–H groups in total. The molecule has 1 aromatic carbocycles. The van der Waals surface area contributed by atoms with Gasteiger partial charge in [-0.1, -0.05) is 6.07 Å². The third-order valence-electron chi connectivity index (χ3n) is 4.57. The molecule has 3 atom stereocenters. The molecule has 0 aromatic heterocycles. The fraction of sp³-hybridized carbons (Fsp3) is 0.632. The third kappa shape index (κ3) is 6.27. The topological polar surface area (TPSA) is 50.8 Å². The van der Waals surface area contributed by atoms with E-state index < -0.39 is 54.1 Å². The number of carbonyl (C=O) groups is 1. The fourth-order valence-corrected chi connectivity index (χ4v) is 3.34. The van der Waals surface area contributed by atoms with E-state index in [0.717, 1.165) is 24.1 Å². The molecule has 0 unspecified atom stereocenters. The Morgan fingerprint density at radius 1 is 1.21 bits per heavy atom. The summed E-state index contributed by atoms with van der Waals surface area (Å²) in [5.74, 6) is -2.87. The van der Waals surface area contributed by atoms with Crippen molar-refractivity contribution in [3.8, 4) is 0 Å². The molecule has 1 saturated heterocycles. The van der Waals surface area contributed by atoms with Crippen LogP contribution in [0.25, 0.3) is 0 Å². The van der Waals surface area contributed by atoms with Crippen molar-refractivity contribution in [2.75, 3.05) is 26.8 Å². The maximum Gasteiger partial charge on any atom is 0.407 e. The van der Waals surface area contributed by atoms with E-state index in [1.165, 1.54) is 6.07 Å². The molecule has 1 aromatic rings. The van der Waals surface area contributed by atoms with Crippen LogP contribution in [-0.2, 0) is 9.47 Å². The number of benzene rings is 1. The maximum atomic E-state index is 13.7. The molecule has 1 fully saturated rings. The van der Waals surface area contributed by atoms with Gasteiger partial charge in [-0.15, -0.1) is 0 Å². The first-order chi connectivity index (χ1) is 13.3. The van der Waals surface area contributed by atoms with E-state index in [4.69, 9.17) is 9.47 Å². The second-order valence-corrected chi connectivity index (χ2v) is 8.00. The summed E-state index contributed by atoms with van der Waals surface area (Å²) in [6.45, 7) is 4.08. The Balaban J connectivity index is 2.30. The highest BCUT2D eigenvalue weighted by Gasteiger charge is 2.48. The van der Waals surface area contributed by atoms with Crippen molar-refractivity contribution in [1.82, 2.24) is 10.2 Å². The van der Waals surface area contributed by atoms with Crippen LogP contribution in [0.3, 0.4) is 0 Å². The maximum absolute atomic E-state index is 13.7. The summed E-state index contributed by atoms with van der Waals surface area (Å²) in [5.41, 5.74) is -0.518. The molecule has 1 amide bonds. The van der Waals surface area contributed by atoms with Crippen molar-refractivity contribution >= 4 is 6.09 Å². The molecule has 164 valence electrons. The van der Waals surface area contributed by atoms with Crippen LogP contribution in [0.2, 0.25) is 0 Å². The van der Waals surface area contributed by atoms with Crippen molar-refractivity contribution in [3.05, 3.63) is 35.4 Å². The van der Waals surface area contributed by atoms with Gasteiger partial charge in [0.05, 0.1) is 12.6 Å². The highest BCUT2D eigenvalue weighted by atomic mass is 19.4. The lowest BCUT2D eigenvalue weighted by atomic mass is 9.94. The van der Waals surface area contributed by atoms with Crippen LogP contribution in [0.5, 0.6) is 0 Å². The number of halogens is 5. The molecule has 1 aliphatic rings. The zero-order chi connectivity index (χ0) is 22.0. The van der Waals surface area contributed by atoms with Crippen LogP contribution in [0.15, 0.2) is 18.2 Å². The summed E-state index contributed by atoms with van der Waals surface area (Å²) in [6.07, 6.45) is -5.36. The average Bonchev–Trinajstić information content (AvgIpc) is 2.95. The van der Waals surface area contributed by atoms with E-state index >= 15 is 0 Å². The van der Waals surface area contributed by atoms with Crippen LogP contribution < -0.4 is 5.32 Å². The van der Waals surface area contributed by atoms with Crippen LogP contribution in [0, 0.1) is 11.6 Å². The molecule has 0 radical (unpaired) electrons. The second kappa shape index (κ2) is 8.83. The Hall–Kier alpha value is -1.94. The van der Waals surface area contributed by atoms with Gasteiger partial charge in [0.2, 0.25) is 0 Å². The number of methoxy groups -OCH3 is 1. The molecular formula is C19H25F5N2O3. The van der Waals surface area contributed by atoms with Gasteiger partial charge in [-0.25, -0.2) is 13.6 Å². The minimum absolute atomic E-state index is 0.126. The molecule has 29 heavy (non-hydrogen) atoms. The van der Waals surface area contributed by atoms with Crippen molar-refractivity contribution in [2.45, 2.75) is 50.6 Å². The van der Waals surface area contributed by atoms with Crippen molar-refractivity contribution < 1.29 is 36.2 Å². The number of rotatable bonds is 5. The predicted molar refractivity (Wildman–Crippen MR) is 95.5 cm³/mol. The zero-order valence-electron chi connectivity index (χ0n) is 16.6. The second-order valence-electron chi connectivity index (χ2n) is 8.00. The molecule has 1 heterocycles. The van der Waals surface area contributed by atoms with Crippen LogP contribution in [0.1, 0.15) is 32.3 Å². The molecule has 1 aliphatic heterocycles. The summed E-state index contributed by atoms with van der Waals surface area (Å²) in [7, 11) is 1.16. The van der Waals surface area contributed by atoms with E-state index in [-0.39, 0.29) is 18.7 Å². The first-order valence-corrected chi connectivity index (χ1v) is 9.06. The van der Waals surface area contributed by atoms with E-state index in [9.17, 15) is 26.7 Å². The number of amides is 1. The summed E-state index contributed by atoms with van der Waals surface area (Å²) >= 11 is 0. The SMILES string of the molecule is COC[C@H](N1C[C@@H](NC(=O)OC(C)(C)C)[C@H](c2ccc(F)c(F)c2)C1)C(F)(F)F. The number of alkyl halides is 3. The number of ether oxygens (including phenoxy) is 2. The minimum Gasteiger partial charge on any atom is -0.444 e. The van der Waals surface area contributed by atoms with Crippen molar-refractivity contribution in [2.24, 2.45) is 0 Å². The minimum atomic E-state index is -4.56. The Bertz CT molecular complexity index is 721. The van der Waals surface area contributed by atoms with Gasteiger partial charge in [0.1, 0.15) is 11.6 Å². The number of alkyl carbamates (subject to hydrolysis) is 1. The molecule has 2 rings (SSSR count). The van der Waals surface area contributed by atoms with Crippen molar-refractivity contribution in [1.29, 1.82) is 0 Å². The summed E-state index contributed by atoms with van der Waals surface area (Å²) < 4.78 is 77.3. The lowest BCUT2D eigenvalue weighted by Crippen LogP contribution is -2.49. The smallest absolute Gasteiger partial charge is 0.407 e. The number of carbonyl (C=O) groups excluding carboxylic acids is 1. The van der Waals surface area contributed by atoms with E-state index in [1.54, 1.807) is 20.8 Å². The molecule has 0 bridgehead atoms. The Morgan fingerprint density at radius 2 is 1.86 bits per heavy atom.